The molecule has 0 saturated carbocycles. The topological polar surface area (TPSA) is 56.8 Å². The number of aromatic nitrogens is 3. The maximum atomic E-state index is 5.12. The third-order valence-corrected chi connectivity index (χ3v) is 6.67. The van der Waals surface area contributed by atoms with Crippen molar-refractivity contribution in [2.75, 3.05) is 0 Å². The zero-order valence-corrected chi connectivity index (χ0v) is 20.6. The van der Waals surface area contributed by atoms with Crippen LogP contribution >= 0.6 is 0 Å². The predicted molar refractivity (Wildman–Crippen MR) is 140 cm³/mol. The number of hydrogen-bond donors (Lipinski definition) is 2. The molecule has 2 N–H and O–H groups in total. The lowest BCUT2D eigenvalue weighted by Gasteiger charge is -2.04. The molecule has 0 amide bonds. The Morgan fingerprint density at radius 3 is 2.24 bits per heavy atom. The summed E-state index contributed by atoms with van der Waals surface area (Å²) in [5.41, 5.74) is 12.1. The molecule has 0 fully saturated rings. The van der Waals surface area contributed by atoms with Crippen LogP contribution < -0.4 is 10.7 Å². The number of nitrogens with one attached hydrogen (secondary N) is 2. The molecule has 4 heterocycles. The molecule has 0 atom stereocenters. The Bertz CT molecular complexity index is 1380. The van der Waals surface area contributed by atoms with Gasteiger partial charge in [0, 0.05) is 28.3 Å². The van der Waals surface area contributed by atoms with Gasteiger partial charge in [-0.1, -0.05) is 26.8 Å². The normalized spacial score (nSPS) is 16.4. The zero-order chi connectivity index (χ0) is 23.5. The molecule has 0 aliphatic carbocycles. The number of aryl methyl sites for hydroxylation is 2. The first-order chi connectivity index (χ1) is 15.9. The van der Waals surface area contributed by atoms with E-state index in [0.717, 1.165) is 52.8 Å². The van der Waals surface area contributed by atoms with Crippen molar-refractivity contribution in [3.8, 4) is 0 Å². The molecule has 33 heavy (non-hydrogen) atoms. The second kappa shape index (κ2) is 9.62. The Balaban J connectivity index is 1.82. The largest absolute Gasteiger partial charge is 0.359 e. The van der Waals surface area contributed by atoms with E-state index in [9.17, 15) is 0 Å². The molecule has 3 aromatic heterocycles. The Morgan fingerprint density at radius 1 is 0.848 bits per heavy atom. The first-order valence-electron chi connectivity index (χ1n) is 12.0. The van der Waals surface area contributed by atoms with E-state index in [1.165, 1.54) is 33.5 Å². The van der Waals surface area contributed by atoms with E-state index in [4.69, 9.17) is 4.99 Å². The molecule has 4 rings (SSSR count). The van der Waals surface area contributed by atoms with Crippen molar-refractivity contribution < 1.29 is 0 Å². The van der Waals surface area contributed by atoms with Gasteiger partial charge >= 0.3 is 0 Å². The summed E-state index contributed by atoms with van der Waals surface area (Å²) in [6.07, 6.45) is 11.3. The van der Waals surface area contributed by atoms with Crippen LogP contribution in [-0.2, 0) is 6.42 Å². The Hall–Kier alpha value is -3.40. The van der Waals surface area contributed by atoms with Crippen molar-refractivity contribution >= 4 is 23.9 Å². The van der Waals surface area contributed by atoms with Crippen LogP contribution in [0.4, 0.5) is 0 Å². The molecule has 0 unspecified atom stereocenters. The third kappa shape index (κ3) is 4.56. The van der Waals surface area contributed by atoms with Crippen molar-refractivity contribution in [3.63, 3.8) is 0 Å². The van der Waals surface area contributed by atoms with E-state index in [-0.39, 0.29) is 0 Å². The van der Waals surface area contributed by atoms with Gasteiger partial charge in [0.05, 0.1) is 17.1 Å². The van der Waals surface area contributed by atoms with Crippen molar-refractivity contribution in [2.24, 2.45) is 4.99 Å². The number of H-pyrrole nitrogens is 2. The monoisotopic (exact) mass is 438 g/mol. The molecule has 1 aliphatic rings. The highest BCUT2D eigenvalue weighted by molar-refractivity contribution is 6.23. The fourth-order valence-electron chi connectivity index (χ4n) is 4.55. The van der Waals surface area contributed by atoms with Crippen molar-refractivity contribution in [1.29, 1.82) is 0 Å². The van der Waals surface area contributed by atoms with Gasteiger partial charge in [-0.05, 0) is 104 Å². The average molecular weight is 439 g/mol. The van der Waals surface area contributed by atoms with E-state index in [0.29, 0.717) is 0 Å². The minimum atomic E-state index is 0.950. The first kappa shape index (κ1) is 22.8. The Kier molecular flexibility index (Phi) is 6.64. The average Bonchev–Trinajstić information content (AvgIpc) is 3.44. The van der Waals surface area contributed by atoms with Gasteiger partial charge in [-0.2, -0.15) is 0 Å². The van der Waals surface area contributed by atoms with Crippen LogP contribution in [0.15, 0.2) is 52.3 Å². The van der Waals surface area contributed by atoms with Crippen LogP contribution in [0.2, 0.25) is 0 Å². The summed E-state index contributed by atoms with van der Waals surface area (Å²) in [5, 5.41) is 2.20. The number of hydrogen-bond acceptors (Lipinski definition) is 2. The number of pyridine rings is 1. The number of nitrogens with zero attached hydrogens (tertiary/aromatic N) is 2. The Morgan fingerprint density at radius 2 is 1.64 bits per heavy atom. The summed E-state index contributed by atoms with van der Waals surface area (Å²) >= 11 is 0. The lowest BCUT2D eigenvalue weighted by atomic mass is 9.99. The standard InChI is InChI=1S/C29H34N4/c1-7-21-14-23(15-22-12-10-11-13-30-22)32-27(21)17-29-25(9-3)24(8-2)28(33-29)16-26-19(5)18(4)20(6)31-26/h10-17,31-32H,7-9H2,1-6H3/b23-15-,27-17-,28-16?. The number of rotatable bonds is 6. The molecule has 0 spiro atoms. The molecule has 0 radical (unpaired) electrons. The minimum absolute atomic E-state index is 0.950. The van der Waals surface area contributed by atoms with Gasteiger partial charge in [-0.15, -0.1) is 0 Å². The fraction of sp³-hybridized carbons (Fsp3) is 0.310. The predicted octanol–water partition coefficient (Wildman–Crippen LogP) is 5.45. The summed E-state index contributed by atoms with van der Waals surface area (Å²) in [5.74, 6) is 0. The SMILES string of the molecule is CCC1=C(CC)C(/C=c2\[nH]/c(=C\c3ccccn3)cc2CC)=NC1=Cc1[nH]c(C)c(C)c1C. The first-order valence-corrected chi connectivity index (χ1v) is 12.0. The van der Waals surface area contributed by atoms with E-state index in [1.807, 2.05) is 24.4 Å². The third-order valence-electron chi connectivity index (χ3n) is 6.67. The molecule has 3 aromatic rings. The molecule has 170 valence electrons. The van der Waals surface area contributed by atoms with Gasteiger partial charge in [0.2, 0.25) is 0 Å². The van der Waals surface area contributed by atoms with E-state index >= 15 is 0 Å². The second-order valence-corrected chi connectivity index (χ2v) is 8.66. The highest BCUT2D eigenvalue weighted by atomic mass is 14.8. The highest BCUT2D eigenvalue weighted by Gasteiger charge is 2.21. The molecule has 0 aromatic carbocycles. The summed E-state index contributed by atoms with van der Waals surface area (Å²) in [7, 11) is 0. The molecule has 1 aliphatic heterocycles. The number of aliphatic imine (C=N–C) groups is 1. The maximum absolute atomic E-state index is 5.12. The molecular weight excluding hydrogens is 404 g/mol. The van der Waals surface area contributed by atoms with Crippen LogP contribution in [0.1, 0.15) is 67.4 Å². The van der Waals surface area contributed by atoms with Gasteiger partial charge in [-0.25, -0.2) is 4.99 Å². The van der Waals surface area contributed by atoms with Gasteiger partial charge < -0.3 is 9.97 Å². The quantitative estimate of drug-likeness (QED) is 0.528. The minimum Gasteiger partial charge on any atom is -0.359 e. The van der Waals surface area contributed by atoms with Crippen LogP contribution in [0.25, 0.3) is 18.2 Å². The van der Waals surface area contributed by atoms with E-state index in [1.54, 1.807) is 0 Å². The fourth-order valence-corrected chi connectivity index (χ4v) is 4.55. The van der Waals surface area contributed by atoms with Crippen molar-refractivity contribution in [3.05, 3.63) is 91.8 Å². The molecule has 4 heteroatoms. The van der Waals surface area contributed by atoms with Crippen molar-refractivity contribution in [1.82, 2.24) is 15.0 Å². The van der Waals surface area contributed by atoms with Gasteiger partial charge in [0.15, 0.2) is 0 Å². The summed E-state index contributed by atoms with van der Waals surface area (Å²) in [6.45, 7) is 13.1. The maximum Gasteiger partial charge on any atom is 0.0693 e. The smallest absolute Gasteiger partial charge is 0.0693 e. The van der Waals surface area contributed by atoms with E-state index < -0.39 is 0 Å². The van der Waals surface area contributed by atoms with Gasteiger partial charge in [0.25, 0.3) is 0 Å². The summed E-state index contributed by atoms with van der Waals surface area (Å²) < 4.78 is 0. The van der Waals surface area contributed by atoms with Crippen LogP contribution in [0.3, 0.4) is 0 Å². The lowest BCUT2D eigenvalue weighted by molar-refractivity contribution is 1.06. The summed E-state index contributed by atoms with van der Waals surface area (Å²) in [6, 6.07) is 8.19. The highest BCUT2D eigenvalue weighted by Crippen LogP contribution is 2.32. The number of aromatic amines is 2. The van der Waals surface area contributed by atoms with Crippen molar-refractivity contribution in [2.45, 2.75) is 60.8 Å². The summed E-state index contributed by atoms with van der Waals surface area (Å²) in [4.78, 5) is 16.7. The molecular formula is C29H34N4. The van der Waals surface area contributed by atoms with E-state index in [2.05, 4.69) is 80.8 Å². The Labute approximate surface area is 196 Å². The second-order valence-electron chi connectivity index (χ2n) is 8.66. The molecule has 0 saturated heterocycles. The number of allylic oxidation sites excluding steroid dienone is 2. The van der Waals surface area contributed by atoms with Gasteiger partial charge in [-0.3, -0.25) is 4.98 Å². The van der Waals surface area contributed by atoms with Gasteiger partial charge in [0.1, 0.15) is 0 Å². The van der Waals surface area contributed by atoms with Crippen LogP contribution in [0.5, 0.6) is 0 Å². The zero-order valence-electron chi connectivity index (χ0n) is 20.6. The van der Waals surface area contributed by atoms with Crippen LogP contribution in [0, 0.1) is 20.8 Å². The molecule has 0 bridgehead atoms. The molecule has 4 nitrogen and oxygen atoms in total. The lowest BCUT2D eigenvalue weighted by Crippen LogP contribution is -2.14. The van der Waals surface area contributed by atoms with Crippen LogP contribution in [-0.4, -0.2) is 20.7 Å².